The second-order valence-corrected chi connectivity index (χ2v) is 8.73. The van der Waals surface area contributed by atoms with Crippen LogP contribution in [0.15, 0.2) is 84.9 Å². The molecule has 3 atom stereocenters. The van der Waals surface area contributed by atoms with Crippen molar-refractivity contribution in [3.63, 3.8) is 0 Å². The summed E-state index contributed by atoms with van der Waals surface area (Å²) in [5.41, 5.74) is 2.90. The Labute approximate surface area is 192 Å². The standard InChI is InChI=1S/C28H26F2N2O/c29-22-13-14-25(30)24(17-22)21-16-26(19-8-3-1-4-9-19)32(18-21)28(33)23-12-7-15-31-27(23)20-10-5-2-6-11-20/h1-6,8-11,13-14,16-17,23,26-27,31H,7,12,15,18H2. The van der Waals surface area contributed by atoms with Crippen LogP contribution in [-0.2, 0) is 4.79 Å². The minimum absolute atomic E-state index is 0.0352. The third-order valence-electron chi connectivity index (χ3n) is 6.67. The molecular weight excluding hydrogens is 418 g/mol. The summed E-state index contributed by atoms with van der Waals surface area (Å²) < 4.78 is 28.5. The maximum absolute atomic E-state index is 14.6. The lowest BCUT2D eigenvalue weighted by molar-refractivity contribution is -0.138. The van der Waals surface area contributed by atoms with E-state index in [0.29, 0.717) is 5.57 Å². The third kappa shape index (κ3) is 4.33. The van der Waals surface area contributed by atoms with Gasteiger partial charge in [-0.05, 0) is 54.3 Å². The fourth-order valence-electron chi connectivity index (χ4n) is 5.05. The summed E-state index contributed by atoms with van der Waals surface area (Å²) in [5.74, 6) is -1.16. The van der Waals surface area contributed by atoms with Crippen molar-refractivity contribution in [3.8, 4) is 0 Å². The highest BCUT2D eigenvalue weighted by molar-refractivity contribution is 5.85. The second-order valence-electron chi connectivity index (χ2n) is 8.73. The summed E-state index contributed by atoms with van der Waals surface area (Å²) in [7, 11) is 0. The van der Waals surface area contributed by atoms with Gasteiger partial charge in [0, 0.05) is 18.2 Å². The maximum atomic E-state index is 14.6. The lowest BCUT2D eigenvalue weighted by Gasteiger charge is -2.36. The monoisotopic (exact) mass is 444 g/mol. The molecule has 2 aliphatic heterocycles. The van der Waals surface area contributed by atoms with Crippen LogP contribution >= 0.6 is 0 Å². The highest BCUT2D eigenvalue weighted by atomic mass is 19.1. The predicted molar refractivity (Wildman–Crippen MR) is 125 cm³/mol. The normalized spacial score (nSPS) is 22.8. The molecule has 3 aromatic carbocycles. The lowest BCUT2D eigenvalue weighted by atomic mass is 9.85. The van der Waals surface area contributed by atoms with Crippen LogP contribution in [-0.4, -0.2) is 23.9 Å². The largest absolute Gasteiger partial charge is 0.328 e. The van der Waals surface area contributed by atoms with Crippen molar-refractivity contribution in [3.05, 3.63) is 113 Å². The topological polar surface area (TPSA) is 32.3 Å². The maximum Gasteiger partial charge on any atom is 0.228 e. The molecule has 1 amide bonds. The number of carbonyl (C=O) groups is 1. The molecular formula is C28H26F2N2O. The van der Waals surface area contributed by atoms with Gasteiger partial charge < -0.3 is 10.2 Å². The molecule has 5 rings (SSSR count). The van der Waals surface area contributed by atoms with Crippen LogP contribution in [0.25, 0.3) is 5.57 Å². The molecule has 5 heteroatoms. The van der Waals surface area contributed by atoms with Gasteiger partial charge in [-0.25, -0.2) is 8.78 Å². The molecule has 2 heterocycles. The summed E-state index contributed by atoms with van der Waals surface area (Å²) in [5, 5.41) is 3.53. The van der Waals surface area contributed by atoms with Gasteiger partial charge in [-0.15, -0.1) is 0 Å². The van der Waals surface area contributed by atoms with E-state index in [2.05, 4.69) is 5.32 Å². The van der Waals surface area contributed by atoms with E-state index in [-0.39, 0.29) is 36.0 Å². The number of benzene rings is 3. The number of hydrogen-bond donors (Lipinski definition) is 1. The predicted octanol–water partition coefficient (Wildman–Crippen LogP) is 5.67. The van der Waals surface area contributed by atoms with E-state index < -0.39 is 11.6 Å². The number of carbonyl (C=O) groups excluding carboxylic acids is 1. The van der Waals surface area contributed by atoms with Crippen molar-refractivity contribution in [1.82, 2.24) is 10.2 Å². The number of halogens is 2. The minimum atomic E-state index is -0.492. The Kier molecular flexibility index (Phi) is 6.05. The zero-order valence-corrected chi connectivity index (χ0v) is 18.3. The van der Waals surface area contributed by atoms with Crippen molar-refractivity contribution in [2.45, 2.75) is 24.9 Å². The summed E-state index contributed by atoms with van der Waals surface area (Å²) in [6.45, 7) is 1.11. The number of nitrogens with one attached hydrogen (secondary N) is 1. The molecule has 1 N–H and O–H groups in total. The van der Waals surface area contributed by atoms with Crippen molar-refractivity contribution in [2.75, 3.05) is 13.1 Å². The van der Waals surface area contributed by atoms with Gasteiger partial charge in [0.25, 0.3) is 0 Å². The first-order valence-corrected chi connectivity index (χ1v) is 11.4. The van der Waals surface area contributed by atoms with Crippen molar-refractivity contribution in [2.24, 2.45) is 5.92 Å². The van der Waals surface area contributed by atoms with Crippen LogP contribution in [0, 0.1) is 17.6 Å². The summed E-state index contributed by atoms with van der Waals surface area (Å²) >= 11 is 0. The van der Waals surface area contributed by atoms with Crippen LogP contribution in [0.5, 0.6) is 0 Å². The third-order valence-corrected chi connectivity index (χ3v) is 6.67. The summed E-state index contributed by atoms with van der Waals surface area (Å²) in [6.07, 6.45) is 3.61. The van der Waals surface area contributed by atoms with Crippen LogP contribution in [0.4, 0.5) is 8.78 Å². The fourth-order valence-corrected chi connectivity index (χ4v) is 5.05. The SMILES string of the molecule is O=C(C1CCCNC1c1ccccc1)N1CC(c2cc(F)ccc2F)=CC1c1ccccc1. The average molecular weight is 445 g/mol. The Morgan fingerprint density at radius 2 is 1.61 bits per heavy atom. The first-order valence-electron chi connectivity index (χ1n) is 11.4. The Morgan fingerprint density at radius 3 is 2.33 bits per heavy atom. The Hall–Kier alpha value is -3.31. The molecule has 2 aliphatic rings. The van der Waals surface area contributed by atoms with E-state index in [0.717, 1.165) is 42.6 Å². The van der Waals surface area contributed by atoms with E-state index in [9.17, 15) is 13.6 Å². The molecule has 1 fully saturated rings. The van der Waals surface area contributed by atoms with Gasteiger partial charge in [-0.1, -0.05) is 66.7 Å². The average Bonchev–Trinajstić information content (AvgIpc) is 3.31. The molecule has 0 saturated carbocycles. The van der Waals surface area contributed by atoms with Gasteiger partial charge in [0.2, 0.25) is 5.91 Å². The molecule has 0 radical (unpaired) electrons. The second kappa shape index (κ2) is 9.28. The number of piperidine rings is 1. The minimum Gasteiger partial charge on any atom is -0.328 e. The zero-order chi connectivity index (χ0) is 22.8. The van der Waals surface area contributed by atoms with Gasteiger partial charge >= 0.3 is 0 Å². The van der Waals surface area contributed by atoms with E-state index in [4.69, 9.17) is 0 Å². The summed E-state index contributed by atoms with van der Waals surface area (Å²) in [6, 6.07) is 22.9. The number of amides is 1. The number of nitrogens with zero attached hydrogens (tertiary/aromatic N) is 1. The zero-order valence-electron chi connectivity index (χ0n) is 18.3. The lowest BCUT2D eigenvalue weighted by Crippen LogP contribution is -2.45. The van der Waals surface area contributed by atoms with Crippen LogP contribution in [0.1, 0.15) is 41.6 Å². The van der Waals surface area contributed by atoms with Crippen LogP contribution in [0.3, 0.4) is 0 Å². The molecule has 0 spiro atoms. The highest BCUT2D eigenvalue weighted by Crippen LogP contribution is 2.39. The molecule has 1 saturated heterocycles. The summed E-state index contributed by atoms with van der Waals surface area (Å²) in [4.78, 5) is 15.8. The molecule has 3 nitrogen and oxygen atoms in total. The smallest absolute Gasteiger partial charge is 0.228 e. The molecule has 33 heavy (non-hydrogen) atoms. The first kappa shape index (κ1) is 21.5. The van der Waals surface area contributed by atoms with Gasteiger partial charge in [0.1, 0.15) is 11.6 Å². The molecule has 0 aromatic heterocycles. The molecule has 0 bridgehead atoms. The van der Waals surface area contributed by atoms with Crippen molar-refractivity contribution < 1.29 is 13.6 Å². The van der Waals surface area contributed by atoms with Gasteiger partial charge in [0.15, 0.2) is 0 Å². The van der Waals surface area contributed by atoms with Crippen molar-refractivity contribution >= 4 is 11.5 Å². The van der Waals surface area contributed by atoms with Gasteiger partial charge in [-0.2, -0.15) is 0 Å². The van der Waals surface area contributed by atoms with E-state index in [1.54, 1.807) is 0 Å². The highest BCUT2D eigenvalue weighted by Gasteiger charge is 2.39. The number of hydrogen-bond acceptors (Lipinski definition) is 2. The Bertz CT molecular complexity index is 1160. The molecule has 168 valence electrons. The van der Waals surface area contributed by atoms with E-state index in [1.165, 1.54) is 6.07 Å². The Morgan fingerprint density at radius 1 is 0.909 bits per heavy atom. The Balaban J connectivity index is 1.50. The van der Waals surface area contributed by atoms with Crippen LogP contribution < -0.4 is 5.32 Å². The molecule has 3 unspecified atom stereocenters. The quantitative estimate of drug-likeness (QED) is 0.562. The van der Waals surface area contributed by atoms with Crippen LogP contribution in [0.2, 0.25) is 0 Å². The van der Waals surface area contributed by atoms with E-state index >= 15 is 0 Å². The van der Waals surface area contributed by atoms with Gasteiger partial charge in [0.05, 0.1) is 12.0 Å². The van der Waals surface area contributed by atoms with E-state index in [1.807, 2.05) is 71.6 Å². The first-order chi connectivity index (χ1) is 16.1. The fraction of sp³-hybridized carbons (Fsp3) is 0.250. The van der Waals surface area contributed by atoms with Crippen molar-refractivity contribution in [1.29, 1.82) is 0 Å². The molecule has 3 aromatic rings. The molecule has 0 aliphatic carbocycles. The van der Waals surface area contributed by atoms with Gasteiger partial charge in [-0.3, -0.25) is 4.79 Å². The number of rotatable bonds is 4.